The maximum atomic E-state index is 11.4. The van der Waals surface area contributed by atoms with Crippen LogP contribution in [-0.4, -0.2) is 14.4 Å². The largest absolute Gasteiger partial charge is 0.517 e. The first-order chi connectivity index (χ1) is 12.3. The zero-order valence-corrected chi connectivity index (χ0v) is 17.2. The molecule has 1 aliphatic heterocycles. The van der Waals surface area contributed by atoms with Gasteiger partial charge >= 0.3 is 14.4 Å². The highest BCUT2D eigenvalue weighted by atomic mass is 27.2. The van der Waals surface area contributed by atoms with E-state index < -0.39 is 14.4 Å². The number of nitroso groups, excluding NO2 is 1. The van der Waals surface area contributed by atoms with Crippen LogP contribution in [0.15, 0.2) is 28.4 Å². The predicted molar refractivity (Wildman–Crippen MR) is 106 cm³/mol. The minimum absolute atomic E-state index is 0.473. The summed E-state index contributed by atoms with van der Waals surface area (Å²) < 4.78 is 4.96. The minimum Gasteiger partial charge on any atom is -0.211 e. The van der Waals surface area contributed by atoms with Crippen LogP contribution in [0.1, 0.15) is 76.3 Å². The molecule has 25 heavy (non-hydrogen) atoms. The highest BCUT2D eigenvalue weighted by Gasteiger charge is 2.80. The van der Waals surface area contributed by atoms with E-state index in [1.807, 2.05) is 13.8 Å². The third-order valence-corrected chi connectivity index (χ3v) is 11.8. The molecule has 2 saturated carbocycles. The summed E-state index contributed by atoms with van der Waals surface area (Å²) in [5, 5.41) is 0. The second-order valence-electron chi connectivity index (χ2n) is 8.63. The molecule has 3 heteroatoms. The van der Waals surface area contributed by atoms with Gasteiger partial charge in [-0.3, -0.25) is 0 Å². The van der Waals surface area contributed by atoms with Crippen LogP contribution in [0.3, 0.4) is 0 Å². The molecule has 0 amide bonds. The number of nitrogens with zero attached hydrogens (tertiary/aromatic N) is 1. The lowest BCUT2D eigenvalue weighted by Gasteiger charge is -2.50. The van der Waals surface area contributed by atoms with Crippen molar-refractivity contribution in [3.63, 3.8) is 0 Å². The lowest BCUT2D eigenvalue weighted by molar-refractivity contribution is 0.0996. The van der Waals surface area contributed by atoms with Gasteiger partial charge in [0.05, 0.1) is 0 Å². The summed E-state index contributed by atoms with van der Waals surface area (Å²) in [4.78, 5) is 11.4. The predicted octanol–water partition coefficient (Wildman–Crippen LogP) is 6.47. The van der Waals surface area contributed by atoms with Crippen molar-refractivity contribution in [2.24, 2.45) is 21.9 Å². The lowest BCUT2D eigenvalue weighted by atomic mass is 9.56. The molecule has 2 nitrogen and oxygen atoms in total. The Hall–Kier alpha value is -0.648. The van der Waals surface area contributed by atoms with Crippen LogP contribution in [0, 0.1) is 22.7 Å². The molecule has 1 spiro atoms. The van der Waals surface area contributed by atoms with Crippen LogP contribution in [0.2, 0.25) is 9.06 Å². The van der Waals surface area contributed by atoms with Crippen LogP contribution in [0.4, 0.5) is 0 Å². The molecule has 1 heterocycles. The van der Waals surface area contributed by atoms with Crippen LogP contribution in [0.5, 0.6) is 0 Å². The standard InChI is InChI=1S/C20H26.C2H6.Al.NO/c1-2-6-16-13-15-7-3-4-9-17(15)19-12-11-14-8-5-10-18(14)20(16)19;1-2;;1-2/h3-4,7-9,16,18-20H,2,5-6,10-13H2,1H3;1-2H3;;/q;;+1;-1. The Morgan fingerprint density at radius 1 is 1.20 bits per heavy atom. The molecule has 1 aromatic rings. The number of hydrogen-bond acceptors (Lipinski definition) is 2. The molecule has 0 radical (unpaired) electrons. The average molecular weight is 353 g/mol. The van der Waals surface area contributed by atoms with E-state index in [-0.39, 0.29) is 0 Å². The van der Waals surface area contributed by atoms with Gasteiger partial charge in [-0.1, -0.05) is 81.9 Å². The van der Waals surface area contributed by atoms with Gasteiger partial charge in [-0.2, -0.15) is 4.91 Å². The third kappa shape index (κ3) is 2.42. The van der Waals surface area contributed by atoms with Gasteiger partial charge in [0.2, 0.25) is 0 Å². The van der Waals surface area contributed by atoms with Crippen molar-refractivity contribution in [3.8, 4) is 0 Å². The van der Waals surface area contributed by atoms with E-state index in [9.17, 15) is 4.91 Å². The summed E-state index contributed by atoms with van der Waals surface area (Å²) in [7, 11) is 0. The van der Waals surface area contributed by atoms with Crippen LogP contribution in [-0.2, 0) is 6.42 Å². The Kier molecular flexibility index (Phi) is 4.84. The summed E-state index contributed by atoms with van der Waals surface area (Å²) in [6.45, 7) is 6.34. The van der Waals surface area contributed by atoms with E-state index in [2.05, 4.69) is 35.3 Å². The monoisotopic (exact) mass is 353 g/mol. The lowest BCUT2D eigenvalue weighted by Crippen LogP contribution is -2.41. The van der Waals surface area contributed by atoms with Crippen molar-refractivity contribution in [1.82, 2.24) is 0 Å². The molecule has 6 atom stereocenters. The SMILES string of the molecule is CC.CCCC1Cc2ccccc2C2CC[C]34C(CC[CH]3[Al]4[N]=O)C12. The molecule has 6 unspecified atom stereocenters. The smallest absolute Gasteiger partial charge is 0.211 e. The highest BCUT2D eigenvalue weighted by Crippen LogP contribution is 2.83. The van der Waals surface area contributed by atoms with Gasteiger partial charge in [0.25, 0.3) is 0 Å². The zero-order chi connectivity index (χ0) is 17.6. The first kappa shape index (κ1) is 17.8. The van der Waals surface area contributed by atoms with Crippen molar-refractivity contribution < 1.29 is 0 Å². The Bertz CT molecular complexity index is 647. The fraction of sp³-hybridized carbons (Fsp3) is 0.727. The molecule has 3 fully saturated rings. The fourth-order valence-electron chi connectivity index (χ4n) is 7.37. The maximum Gasteiger partial charge on any atom is 0.517 e. The van der Waals surface area contributed by atoms with Gasteiger partial charge in [-0.25, -0.2) is 4.16 Å². The first-order valence-electron chi connectivity index (χ1n) is 10.7. The van der Waals surface area contributed by atoms with Gasteiger partial charge in [0.15, 0.2) is 0 Å². The Morgan fingerprint density at radius 3 is 2.72 bits per heavy atom. The quantitative estimate of drug-likeness (QED) is 0.452. The molecule has 0 aromatic heterocycles. The molecule has 3 aliphatic carbocycles. The van der Waals surface area contributed by atoms with E-state index in [0.29, 0.717) is 4.28 Å². The molecule has 134 valence electrons. The molecule has 1 saturated heterocycles. The molecule has 1 aromatic carbocycles. The highest BCUT2D eigenvalue weighted by molar-refractivity contribution is 6.75. The summed E-state index contributed by atoms with van der Waals surface area (Å²) in [5.74, 6) is 3.31. The third-order valence-electron chi connectivity index (χ3n) is 8.06. The Labute approximate surface area is 157 Å². The number of benzene rings is 1. The van der Waals surface area contributed by atoms with E-state index >= 15 is 0 Å². The number of fused-ring (bicyclic) bond motifs is 4. The zero-order valence-electron chi connectivity index (χ0n) is 16.1. The molecule has 4 aliphatic rings. The van der Waals surface area contributed by atoms with E-state index in [0.717, 1.165) is 28.5 Å². The maximum absolute atomic E-state index is 11.4. The molecular weight excluding hydrogens is 321 g/mol. The summed E-state index contributed by atoms with van der Waals surface area (Å²) in [6.07, 6.45) is 9.32. The van der Waals surface area contributed by atoms with E-state index in [1.165, 1.54) is 44.9 Å². The normalized spacial score (nSPS) is 40.0. The van der Waals surface area contributed by atoms with Crippen LogP contribution >= 0.6 is 0 Å². The van der Waals surface area contributed by atoms with Gasteiger partial charge in [0.1, 0.15) is 0 Å². The first-order valence-corrected chi connectivity index (χ1v) is 12.5. The molecule has 0 N–H and O–H groups in total. The van der Waals surface area contributed by atoms with Gasteiger partial charge in [0, 0.05) is 0 Å². The average Bonchev–Trinajstić information content (AvgIpc) is 3.10. The fourth-order valence-corrected chi connectivity index (χ4v) is 11.4. The second kappa shape index (κ2) is 6.82. The van der Waals surface area contributed by atoms with Crippen molar-refractivity contribution >= 4 is 14.4 Å². The van der Waals surface area contributed by atoms with Crippen LogP contribution in [0.25, 0.3) is 0 Å². The summed E-state index contributed by atoms with van der Waals surface area (Å²) in [5.41, 5.74) is 3.27. The molecule has 0 bridgehead atoms. The van der Waals surface area contributed by atoms with E-state index in [1.54, 1.807) is 11.1 Å². The number of hydrogen-bond donors (Lipinski definition) is 0. The summed E-state index contributed by atoms with van der Waals surface area (Å²) in [6, 6.07) is 9.23. The summed E-state index contributed by atoms with van der Waals surface area (Å²) >= 11 is -1.31. The Balaban J connectivity index is 0.000000758. The van der Waals surface area contributed by atoms with Crippen molar-refractivity contribution in [2.75, 3.05) is 0 Å². The van der Waals surface area contributed by atoms with Crippen molar-refractivity contribution in [1.29, 1.82) is 0 Å². The van der Waals surface area contributed by atoms with Crippen molar-refractivity contribution in [3.05, 3.63) is 40.3 Å². The molecular formula is C22H32AlNO. The van der Waals surface area contributed by atoms with Crippen molar-refractivity contribution in [2.45, 2.75) is 80.7 Å². The number of rotatable bonds is 3. The molecule has 5 rings (SSSR count). The van der Waals surface area contributed by atoms with Crippen LogP contribution < -0.4 is 0 Å². The van der Waals surface area contributed by atoms with Gasteiger partial charge in [-0.05, 0) is 51.9 Å². The van der Waals surface area contributed by atoms with Gasteiger partial charge in [-0.15, -0.1) is 0 Å². The van der Waals surface area contributed by atoms with E-state index in [4.69, 9.17) is 0 Å². The Morgan fingerprint density at radius 2 is 2.00 bits per heavy atom. The topological polar surface area (TPSA) is 29.4 Å². The second-order valence-corrected chi connectivity index (χ2v) is 11.6. The van der Waals surface area contributed by atoms with Gasteiger partial charge < -0.3 is 0 Å². The minimum atomic E-state index is -1.31.